The Morgan fingerprint density at radius 2 is 2.21 bits per heavy atom. The number of aryl methyl sites for hydroxylation is 1. The molecule has 2 aliphatic rings. The van der Waals surface area contributed by atoms with Crippen molar-refractivity contribution in [1.82, 2.24) is 24.5 Å². The Hall–Kier alpha value is -2.74. The maximum atomic E-state index is 11.7. The number of aromatic nitrogens is 5. The molecule has 0 radical (unpaired) electrons. The van der Waals surface area contributed by atoms with Gasteiger partial charge in [-0.3, -0.25) is 14.2 Å². The molecule has 4 heterocycles. The van der Waals surface area contributed by atoms with E-state index in [1.165, 1.54) is 0 Å². The van der Waals surface area contributed by atoms with E-state index >= 15 is 0 Å². The van der Waals surface area contributed by atoms with Crippen LogP contribution in [0.5, 0.6) is 5.88 Å². The van der Waals surface area contributed by atoms with Crippen LogP contribution in [0.2, 0.25) is 0 Å². The number of carbonyl (C=O) groups excluding carboxylic acids is 1. The maximum Gasteiger partial charge on any atom is 0.225 e. The van der Waals surface area contributed by atoms with Crippen LogP contribution >= 0.6 is 0 Å². The fourth-order valence-corrected chi connectivity index (χ4v) is 4.26. The molecular formula is C21H25N5O3. The van der Waals surface area contributed by atoms with Crippen LogP contribution in [0.3, 0.4) is 0 Å². The van der Waals surface area contributed by atoms with Crippen molar-refractivity contribution >= 4 is 16.7 Å². The first-order valence-corrected chi connectivity index (χ1v) is 10.2. The molecule has 3 aromatic heterocycles. The fraction of sp³-hybridized carbons (Fsp3) is 0.524. The van der Waals surface area contributed by atoms with Crippen molar-refractivity contribution in [3.05, 3.63) is 24.7 Å². The lowest BCUT2D eigenvalue weighted by Crippen LogP contribution is -2.22. The molecule has 0 aromatic carbocycles. The number of nitrogens with zero attached hydrogens (tertiary/aromatic N) is 5. The minimum atomic E-state index is -0.0778. The number of carbonyl (C=O) groups is 1. The van der Waals surface area contributed by atoms with Crippen molar-refractivity contribution in [3.8, 4) is 17.1 Å². The molecule has 0 spiro atoms. The predicted molar refractivity (Wildman–Crippen MR) is 107 cm³/mol. The van der Waals surface area contributed by atoms with Gasteiger partial charge in [0.05, 0.1) is 35.4 Å². The van der Waals surface area contributed by atoms with E-state index in [0.29, 0.717) is 31.1 Å². The summed E-state index contributed by atoms with van der Waals surface area (Å²) in [7, 11) is 1.89. The zero-order valence-electron chi connectivity index (χ0n) is 16.7. The lowest BCUT2D eigenvalue weighted by molar-refractivity contribution is -0.117. The molecule has 1 aliphatic carbocycles. The van der Waals surface area contributed by atoms with Crippen LogP contribution < -0.4 is 4.74 Å². The number of pyridine rings is 1. The van der Waals surface area contributed by atoms with Crippen LogP contribution in [0, 0.1) is 5.92 Å². The third-order valence-corrected chi connectivity index (χ3v) is 6.01. The Morgan fingerprint density at radius 3 is 2.97 bits per heavy atom. The fourth-order valence-electron chi connectivity index (χ4n) is 4.26. The summed E-state index contributed by atoms with van der Waals surface area (Å²) in [6.07, 6.45) is 8.79. The van der Waals surface area contributed by atoms with Gasteiger partial charge in [0, 0.05) is 50.4 Å². The Labute approximate surface area is 168 Å². The van der Waals surface area contributed by atoms with Crippen LogP contribution in [-0.2, 0) is 16.6 Å². The zero-order chi connectivity index (χ0) is 20.0. The topological polar surface area (TPSA) is 84.1 Å². The van der Waals surface area contributed by atoms with E-state index in [9.17, 15) is 4.79 Å². The normalized spacial score (nSPS) is 23.2. The van der Waals surface area contributed by atoms with Gasteiger partial charge in [-0.1, -0.05) is 0 Å². The van der Waals surface area contributed by atoms with Crippen LogP contribution in [0.1, 0.15) is 38.6 Å². The van der Waals surface area contributed by atoms with Crippen molar-refractivity contribution < 1.29 is 14.3 Å². The molecule has 8 heteroatoms. The lowest BCUT2D eigenvalue weighted by Gasteiger charge is -2.20. The molecule has 0 unspecified atom stereocenters. The summed E-state index contributed by atoms with van der Waals surface area (Å²) in [5.74, 6) is 1.13. The van der Waals surface area contributed by atoms with E-state index in [-0.39, 0.29) is 18.1 Å². The van der Waals surface area contributed by atoms with Gasteiger partial charge in [-0.2, -0.15) is 10.2 Å². The summed E-state index contributed by atoms with van der Waals surface area (Å²) in [6, 6.07) is 2.25. The quantitative estimate of drug-likeness (QED) is 0.660. The second-order valence-electron chi connectivity index (χ2n) is 8.14. The third-order valence-electron chi connectivity index (χ3n) is 6.01. The molecule has 3 aromatic rings. The molecule has 29 heavy (non-hydrogen) atoms. The monoisotopic (exact) mass is 395 g/mol. The number of rotatable bonds is 5. The minimum Gasteiger partial charge on any atom is -0.474 e. The Balaban J connectivity index is 1.47. The summed E-state index contributed by atoms with van der Waals surface area (Å²) in [5.41, 5.74) is 2.54. The first-order valence-electron chi connectivity index (χ1n) is 10.2. The highest BCUT2D eigenvalue weighted by molar-refractivity contribution is 5.86. The first kappa shape index (κ1) is 18.3. The molecule has 0 N–H and O–H groups in total. The van der Waals surface area contributed by atoms with Crippen molar-refractivity contribution in [2.75, 3.05) is 13.2 Å². The third kappa shape index (κ3) is 3.53. The van der Waals surface area contributed by atoms with E-state index in [2.05, 4.69) is 10.2 Å². The van der Waals surface area contributed by atoms with Crippen molar-refractivity contribution in [3.63, 3.8) is 0 Å². The average Bonchev–Trinajstić information content (AvgIpc) is 3.47. The molecule has 3 atom stereocenters. The highest BCUT2D eigenvalue weighted by atomic mass is 16.5. The summed E-state index contributed by atoms with van der Waals surface area (Å²) < 4.78 is 15.5. The van der Waals surface area contributed by atoms with E-state index in [1.807, 2.05) is 43.3 Å². The van der Waals surface area contributed by atoms with Crippen LogP contribution in [0.25, 0.3) is 22.2 Å². The van der Waals surface area contributed by atoms with Gasteiger partial charge in [0.1, 0.15) is 11.9 Å². The molecule has 0 bridgehead atoms. The zero-order valence-corrected chi connectivity index (χ0v) is 16.7. The van der Waals surface area contributed by atoms with Crippen LogP contribution in [0.4, 0.5) is 0 Å². The lowest BCUT2D eigenvalue weighted by atomic mass is 10.0. The molecule has 0 amide bonds. The van der Waals surface area contributed by atoms with Gasteiger partial charge in [-0.15, -0.1) is 0 Å². The Bertz CT molecular complexity index is 1050. The van der Waals surface area contributed by atoms with Gasteiger partial charge in [0.15, 0.2) is 0 Å². The number of hydrogen-bond donors (Lipinski definition) is 0. The SMILES string of the molecule is C[C@@H](Oc1nc(-c2cnn([C@H]3CCOC3)c2)cc2nn(C)cc12)[C@H]1CCC(=O)C1. The average molecular weight is 395 g/mol. The van der Waals surface area contributed by atoms with Crippen LogP contribution in [-0.4, -0.2) is 49.6 Å². The number of Topliss-reactive ketones (excluding diaryl/α,β-unsaturated/α-hetero) is 1. The summed E-state index contributed by atoms with van der Waals surface area (Å²) >= 11 is 0. The van der Waals surface area contributed by atoms with E-state index < -0.39 is 0 Å². The highest BCUT2D eigenvalue weighted by Gasteiger charge is 2.29. The standard InChI is InChI=1S/C21H25N5O3/c1-13(14-3-4-17(27)7-14)29-21-18-11-25(2)24-20(18)8-19(23-21)15-9-22-26(10-15)16-5-6-28-12-16/h8-11,13-14,16H,3-7,12H2,1-2H3/t13-,14+,16+/m1/s1. The van der Waals surface area contributed by atoms with Crippen molar-refractivity contribution in [2.45, 2.75) is 44.8 Å². The second-order valence-corrected chi connectivity index (χ2v) is 8.14. The summed E-state index contributed by atoms with van der Waals surface area (Å²) in [6.45, 7) is 3.50. The number of fused-ring (bicyclic) bond motifs is 1. The van der Waals surface area contributed by atoms with Crippen LogP contribution in [0.15, 0.2) is 24.7 Å². The second kappa shape index (κ2) is 7.26. The van der Waals surface area contributed by atoms with E-state index in [0.717, 1.165) is 41.6 Å². The largest absolute Gasteiger partial charge is 0.474 e. The number of ketones is 1. The highest BCUT2D eigenvalue weighted by Crippen LogP contribution is 2.33. The summed E-state index contributed by atoms with van der Waals surface area (Å²) in [5, 5.41) is 9.95. The van der Waals surface area contributed by atoms with Gasteiger partial charge in [0.2, 0.25) is 5.88 Å². The van der Waals surface area contributed by atoms with Gasteiger partial charge in [-0.25, -0.2) is 4.98 Å². The number of ether oxygens (including phenoxy) is 2. The van der Waals surface area contributed by atoms with Gasteiger partial charge >= 0.3 is 0 Å². The molecule has 2 fully saturated rings. The molecule has 1 saturated carbocycles. The van der Waals surface area contributed by atoms with Crippen molar-refractivity contribution in [2.24, 2.45) is 13.0 Å². The minimum absolute atomic E-state index is 0.0778. The Kier molecular flexibility index (Phi) is 4.58. The van der Waals surface area contributed by atoms with Gasteiger partial charge in [0.25, 0.3) is 0 Å². The molecule has 5 rings (SSSR count). The van der Waals surface area contributed by atoms with E-state index in [1.54, 1.807) is 4.68 Å². The summed E-state index contributed by atoms with van der Waals surface area (Å²) in [4.78, 5) is 16.5. The first-order chi connectivity index (χ1) is 14.1. The predicted octanol–water partition coefficient (Wildman–Crippen LogP) is 2.93. The van der Waals surface area contributed by atoms with Gasteiger partial charge < -0.3 is 9.47 Å². The maximum absolute atomic E-state index is 11.7. The molecule has 8 nitrogen and oxygen atoms in total. The van der Waals surface area contributed by atoms with Crippen molar-refractivity contribution in [1.29, 1.82) is 0 Å². The molecular weight excluding hydrogens is 370 g/mol. The van der Waals surface area contributed by atoms with E-state index in [4.69, 9.17) is 14.5 Å². The smallest absolute Gasteiger partial charge is 0.225 e. The number of hydrogen-bond acceptors (Lipinski definition) is 6. The molecule has 1 aliphatic heterocycles. The Morgan fingerprint density at radius 1 is 1.31 bits per heavy atom. The molecule has 152 valence electrons. The molecule has 1 saturated heterocycles. The van der Waals surface area contributed by atoms with Gasteiger partial charge in [-0.05, 0) is 25.8 Å².